The summed E-state index contributed by atoms with van der Waals surface area (Å²) >= 11 is 0. The minimum atomic E-state index is -0.879. The second kappa shape index (κ2) is 9.80. The average molecular weight is 297 g/mol. The summed E-state index contributed by atoms with van der Waals surface area (Å²) < 4.78 is 5.37. The third-order valence-corrected chi connectivity index (χ3v) is 4.29. The molecule has 1 N–H and O–H groups in total. The van der Waals surface area contributed by atoms with Crippen molar-refractivity contribution in [3.8, 4) is 0 Å². The first kappa shape index (κ1) is 18.0. The van der Waals surface area contributed by atoms with E-state index in [4.69, 9.17) is 4.74 Å². The normalized spacial score (nSPS) is 16.9. The second-order valence-electron chi connectivity index (χ2n) is 6.17. The number of carbonyl (C=O) groups excluding carboxylic acids is 2. The van der Waals surface area contributed by atoms with Crippen molar-refractivity contribution in [1.29, 1.82) is 0 Å². The van der Waals surface area contributed by atoms with Crippen molar-refractivity contribution in [1.82, 2.24) is 5.32 Å². The minimum absolute atomic E-state index is 0.224. The maximum absolute atomic E-state index is 12.1. The molecule has 0 atom stereocenters. The lowest BCUT2D eigenvalue weighted by molar-refractivity contribution is -0.132. The fourth-order valence-corrected chi connectivity index (χ4v) is 2.94. The SMILES string of the molecule is CCCCCCCC1(CCCCCCC)OC(=O)NC1=O. The van der Waals surface area contributed by atoms with Gasteiger partial charge < -0.3 is 4.74 Å². The third-order valence-electron chi connectivity index (χ3n) is 4.29. The molecule has 2 amide bonds. The van der Waals surface area contributed by atoms with E-state index in [-0.39, 0.29) is 5.91 Å². The average Bonchev–Trinajstić information content (AvgIpc) is 2.73. The van der Waals surface area contributed by atoms with E-state index in [0.29, 0.717) is 12.8 Å². The quantitative estimate of drug-likeness (QED) is 0.531. The predicted molar refractivity (Wildman–Crippen MR) is 84.1 cm³/mol. The monoisotopic (exact) mass is 297 g/mol. The van der Waals surface area contributed by atoms with Crippen LogP contribution in [0.25, 0.3) is 0 Å². The molecule has 1 fully saturated rings. The molecule has 21 heavy (non-hydrogen) atoms. The van der Waals surface area contributed by atoms with E-state index in [2.05, 4.69) is 19.2 Å². The third kappa shape index (κ3) is 6.06. The van der Waals surface area contributed by atoms with Crippen LogP contribution in [0.15, 0.2) is 0 Å². The topological polar surface area (TPSA) is 55.4 Å². The van der Waals surface area contributed by atoms with Gasteiger partial charge in [-0.05, 0) is 25.7 Å². The molecule has 0 bridgehead atoms. The van der Waals surface area contributed by atoms with Gasteiger partial charge in [0.1, 0.15) is 0 Å². The Balaban J connectivity index is 2.40. The highest BCUT2D eigenvalue weighted by Crippen LogP contribution is 2.31. The highest BCUT2D eigenvalue weighted by atomic mass is 16.6. The Morgan fingerprint density at radius 1 is 0.810 bits per heavy atom. The van der Waals surface area contributed by atoms with Gasteiger partial charge in [-0.3, -0.25) is 10.1 Å². The van der Waals surface area contributed by atoms with Gasteiger partial charge in [0.05, 0.1) is 0 Å². The number of nitrogens with one attached hydrogen (secondary N) is 1. The van der Waals surface area contributed by atoms with Gasteiger partial charge in [-0.15, -0.1) is 0 Å². The zero-order chi connectivity index (χ0) is 15.6. The van der Waals surface area contributed by atoms with Crippen LogP contribution in [0.5, 0.6) is 0 Å². The lowest BCUT2D eigenvalue weighted by atomic mass is 9.89. The first-order chi connectivity index (χ1) is 10.1. The van der Waals surface area contributed by atoms with Crippen molar-refractivity contribution >= 4 is 12.0 Å². The van der Waals surface area contributed by atoms with Gasteiger partial charge in [0.25, 0.3) is 5.91 Å². The summed E-state index contributed by atoms with van der Waals surface area (Å²) in [7, 11) is 0. The van der Waals surface area contributed by atoms with Crippen molar-refractivity contribution in [2.75, 3.05) is 0 Å². The van der Waals surface area contributed by atoms with Crippen molar-refractivity contribution in [3.63, 3.8) is 0 Å². The number of carbonyl (C=O) groups is 2. The Morgan fingerprint density at radius 2 is 1.29 bits per heavy atom. The number of rotatable bonds is 12. The maximum atomic E-state index is 12.1. The molecule has 122 valence electrons. The molecule has 4 nitrogen and oxygen atoms in total. The van der Waals surface area contributed by atoms with Crippen molar-refractivity contribution in [2.24, 2.45) is 0 Å². The first-order valence-electron chi connectivity index (χ1n) is 8.69. The minimum Gasteiger partial charge on any atom is -0.432 e. The Kier molecular flexibility index (Phi) is 8.40. The fraction of sp³-hybridized carbons (Fsp3) is 0.882. The van der Waals surface area contributed by atoms with E-state index in [0.717, 1.165) is 25.7 Å². The Hall–Kier alpha value is -1.06. The van der Waals surface area contributed by atoms with Crippen molar-refractivity contribution < 1.29 is 14.3 Å². The summed E-state index contributed by atoms with van der Waals surface area (Å²) in [5.41, 5.74) is -0.879. The molecule has 0 unspecified atom stereocenters. The molecule has 0 saturated carbocycles. The molecule has 1 saturated heterocycles. The molecule has 1 heterocycles. The van der Waals surface area contributed by atoms with E-state index in [1.807, 2.05) is 0 Å². The molecular formula is C17H31NO3. The smallest absolute Gasteiger partial charge is 0.415 e. The maximum Gasteiger partial charge on any atom is 0.415 e. The molecular weight excluding hydrogens is 266 g/mol. The first-order valence-corrected chi connectivity index (χ1v) is 8.69. The number of hydrogen-bond acceptors (Lipinski definition) is 3. The van der Waals surface area contributed by atoms with Crippen molar-refractivity contribution in [3.05, 3.63) is 0 Å². The zero-order valence-electron chi connectivity index (χ0n) is 13.7. The lowest BCUT2D eigenvalue weighted by Gasteiger charge is -2.24. The highest BCUT2D eigenvalue weighted by Gasteiger charge is 2.47. The number of unbranched alkanes of at least 4 members (excludes halogenated alkanes) is 8. The molecule has 4 heteroatoms. The Labute approximate surface area is 129 Å². The van der Waals surface area contributed by atoms with E-state index >= 15 is 0 Å². The van der Waals surface area contributed by atoms with Crippen LogP contribution in [-0.4, -0.2) is 17.6 Å². The van der Waals surface area contributed by atoms with Gasteiger partial charge >= 0.3 is 6.09 Å². The van der Waals surface area contributed by atoms with Crippen LogP contribution in [0.2, 0.25) is 0 Å². The van der Waals surface area contributed by atoms with Crippen LogP contribution in [-0.2, 0) is 9.53 Å². The molecule has 0 spiro atoms. The van der Waals surface area contributed by atoms with E-state index < -0.39 is 11.7 Å². The molecule has 0 radical (unpaired) electrons. The van der Waals surface area contributed by atoms with E-state index in [9.17, 15) is 9.59 Å². The van der Waals surface area contributed by atoms with Gasteiger partial charge in [-0.25, -0.2) is 4.79 Å². The van der Waals surface area contributed by atoms with Crippen LogP contribution >= 0.6 is 0 Å². The standard InChI is InChI=1S/C17H31NO3/c1-3-5-7-9-11-13-17(14-12-10-8-6-4-2)15(19)18-16(20)21-17/h3-14H2,1-2H3,(H,18,19,20). The molecule has 0 aromatic carbocycles. The Morgan fingerprint density at radius 3 is 1.67 bits per heavy atom. The predicted octanol–water partition coefficient (Wildman–Crippen LogP) is 4.71. The van der Waals surface area contributed by atoms with Gasteiger partial charge in [-0.1, -0.05) is 65.2 Å². The molecule has 1 aliphatic heterocycles. The van der Waals surface area contributed by atoms with Crippen LogP contribution in [0.1, 0.15) is 90.9 Å². The molecule has 0 aliphatic carbocycles. The summed E-state index contributed by atoms with van der Waals surface area (Å²) in [6, 6.07) is 0. The number of cyclic esters (lactones) is 1. The largest absolute Gasteiger partial charge is 0.432 e. The summed E-state index contributed by atoms with van der Waals surface area (Å²) in [6.07, 6.45) is 12.2. The van der Waals surface area contributed by atoms with Crippen LogP contribution in [0.3, 0.4) is 0 Å². The van der Waals surface area contributed by atoms with Crippen LogP contribution in [0, 0.1) is 0 Å². The summed E-state index contributed by atoms with van der Waals surface area (Å²) in [5, 5.41) is 2.31. The van der Waals surface area contributed by atoms with E-state index in [1.54, 1.807) is 0 Å². The number of alkyl carbamates (subject to hydrolysis) is 1. The lowest BCUT2D eigenvalue weighted by Crippen LogP contribution is -2.39. The van der Waals surface area contributed by atoms with Crippen molar-refractivity contribution in [2.45, 2.75) is 96.5 Å². The molecule has 1 rings (SSSR count). The van der Waals surface area contributed by atoms with Gasteiger partial charge in [0.15, 0.2) is 5.60 Å². The summed E-state index contributed by atoms with van der Waals surface area (Å²) in [4.78, 5) is 23.5. The van der Waals surface area contributed by atoms with Gasteiger partial charge in [-0.2, -0.15) is 0 Å². The number of amides is 2. The number of imide groups is 1. The zero-order valence-corrected chi connectivity index (χ0v) is 13.7. The summed E-state index contributed by atoms with van der Waals surface area (Å²) in [6.45, 7) is 4.37. The van der Waals surface area contributed by atoms with Gasteiger partial charge in [0.2, 0.25) is 0 Å². The van der Waals surface area contributed by atoms with Gasteiger partial charge in [0, 0.05) is 0 Å². The van der Waals surface area contributed by atoms with Crippen LogP contribution in [0.4, 0.5) is 4.79 Å². The van der Waals surface area contributed by atoms with Crippen LogP contribution < -0.4 is 5.32 Å². The second-order valence-corrected chi connectivity index (χ2v) is 6.17. The molecule has 0 aromatic heterocycles. The Bertz CT molecular complexity index is 314. The molecule has 1 aliphatic rings. The fourth-order valence-electron chi connectivity index (χ4n) is 2.94. The highest BCUT2D eigenvalue weighted by molar-refractivity contribution is 6.02. The number of hydrogen-bond donors (Lipinski definition) is 1. The van der Waals surface area contributed by atoms with E-state index in [1.165, 1.54) is 38.5 Å². The molecule has 0 aromatic rings. The number of ether oxygens (including phenoxy) is 1. The summed E-state index contributed by atoms with van der Waals surface area (Å²) in [5.74, 6) is -0.224.